The summed E-state index contributed by atoms with van der Waals surface area (Å²) in [6, 6.07) is 0. The Morgan fingerprint density at radius 3 is 2.64 bits per heavy atom. The average molecular weight is 219 g/mol. The van der Waals surface area contributed by atoms with Crippen LogP contribution in [-0.4, -0.2) is 37.3 Å². The van der Waals surface area contributed by atoms with Crippen molar-refractivity contribution in [3.63, 3.8) is 0 Å². The molecule has 0 saturated carbocycles. The van der Waals surface area contributed by atoms with Crippen molar-refractivity contribution in [3.8, 4) is 0 Å². The lowest BCUT2D eigenvalue weighted by molar-refractivity contribution is -0.118. The van der Waals surface area contributed by atoms with Crippen LogP contribution in [0.3, 0.4) is 0 Å². The number of carbonyl (C=O) groups is 1. The lowest BCUT2D eigenvalue weighted by Crippen LogP contribution is -2.27. The molecule has 0 bridgehead atoms. The van der Waals surface area contributed by atoms with Crippen LogP contribution in [0, 0.1) is 0 Å². The minimum absolute atomic E-state index is 0.210. The van der Waals surface area contributed by atoms with E-state index in [0.717, 1.165) is 6.42 Å². The van der Waals surface area contributed by atoms with Gasteiger partial charge in [0.05, 0.1) is 5.75 Å². The Morgan fingerprint density at radius 2 is 2.14 bits per heavy atom. The standard InChI is InChI=1S/C9H17NO3S/c1-2-9(11)5-3-6-10-7-4-8-14(10,12)13/h2-8H2,1H3. The highest BCUT2D eigenvalue weighted by Crippen LogP contribution is 2.14. The van der Waals surface area contributed by atoms with Crippen molar-refractivity contribution in [3.05, 3.63) is 0 Å². The van der Waals surface area contributed by atoms with Crippen LogP contribution in [0.15, 0.2) is 0 Å². The highest BCUT2D eigenvalue weighted by atomic mass is 32.2. The number of Topliss-reactive ketones (excluding diaryl/α,β-unsaturated/α-hetero) is 1. The van der Waals surface area contributed by atoms with Crippen molar-refractivity contribution >= 4 is 15.8 Å². The van der Waals surface area contributed by atoms with Gasteiger partial charge in [0, 0.05) is 25.9 Å². The summed E-state index contributed by atoms with van der Waals surface area (Å²) in [6.45, 7) is 2.96. The lowest BCUT2D eigenvalue weighted by atomic mass is 10.2. The molecular weight excluding hydrogens is 202 g/mol. The van der Waals surface area contributed by atoms with E-state index in [0.29, 0.717) is 32.4 Å². The summed E-state index contributed by atoms with van der Waals surface area (Å²) in [5.74, 6) is 0.482. The van der Waals surface area contributed by atoms with E-state index >= 15 is 0 Å². The summed E-state index contributed by atoms with van der Waals surface area (Å²) in [4.78, 5) is 11.0. The summed E-state index contributed by atoms with van der Waals surface area (Å²) >= 11 is 0. The van der Waals surface area contributed by atoms with Gasteiger partial charge in [0.1, 0.15) is 5.78 Å². The van der Waals surface area contributed by atoms with Gasteiger partial charge in [-0.15, -0.1) is 0 Å². The molecule has 0 spiro atoms. The van der Waals surface area contributed by atoms with Crippen LogP contribution in [0.5, 0.6) is 0 Å². The van der Waals surface area contributed by atoms with E-state index in [-0.39, 0.29) is 11.5 Å². The normalized spacial score (nSPS) is 21.2. The van der Waals surface area contributed by atoms with E-state index < -0.39 is 10.0 Å². The van der Waals surface area contributed by atoms with Gasteiger partial charge < -0.3 is 0 Å². The van der Waals surface area contributed by atoms with Crippen molar-refractivity contribution in [1.82, 2.24) is 4.31 Å². The first-order valence-electron chi connectivity index (χ1n) is 5.06. The lowest BCUT2D eigenvalue weighted by Gasteiger charge is -2.13. The highest BCUT2D eigenvalue weighted by molar-refractivity contribution is 7.89. The van der Waals surface area contributed by atoms with Gasteiger partial charge in [-0.05, 0) is 12.8 Å². The highest BCUT2D eigenvalue weighted by Gasteiger charge is 2.27. The average Bonchev–Trinajstić information content (AvgIpc) is 2.45. The molecule has 0 N–H and O–H groups in total. The van der Waals surface area contributed by atoms with Gasteiger partial charge in [-0.2, -0.15) is 0 Å². The fourth-order valence-electron chi connectivity index (χ4n) is 1.57. The molecule has 0 aliphatic carbocycles. The Hall–Kier alpha value is -0.420. The molecule has 1 rings (SSSR count). The van der Waals surface area contributed by atoms with E-state index in [4.69, 9.17) is 0 Å². The zero-order valence-electron chi connectivity index (χ0n) is 8.53. The van der Waals surface area contributed by atoms with Crippen molar-refractivity contribution in [2.45, 2.75) is 32.6 Å². The van der Waals surface area contributed by atoms with Gasteiger partial charge in [-0.3, -0.25) is 4.79 Å². The molecule has 1 saturated heterocycles. The van der Waals surface area contributed by atoms with Crippen molar-refractivity contribution in [2.24, 2.45) is 0 Å². The maximum Gasteiger partial charge on any atom is 0.214 e. The second kappa shape index (κ2) is 4.89. The molecule has 1 aliphatic heterocycles. The molecule has 0 unspecified atom stereocenters. The first-order valence-corrected chi connectivity index (χ1v) is 6.66. The molecule has 0 aromatic heterocycles. The Morgan fingerprint density at radius 1 is 1.43 bits per heavy atom. The zero-order chi connectivity index (χ0) is 10.6. The predicted molar refractivity (Wildman–Crippen MR) is 54.5 cm³/mol. The second-order valence-electron chi connectivity index (χ2n) is 3.56. The zero-order valence-corrected chi connectivity index (χ0v) is 9.35. The number of carbonyl (C=O) groups excluding carboxylic acids is 1. The van der Waals surface area contributed by atoms with Gasteiger partial charge in [-0.1, -0.05) is 6.92 Å². The van der Waals surface area contributed by atoms with Crippen LogP contribution in [0.25, 0.3) is 0 Å². The fourth-order valence-corrected chi connectivity index (χ4v) is 3.14. The molecule has 1 heterocycles. The first kappa shape index (κ1) is 11.7. The summed E-state index contributed by atoms with van der Waals surface area (Å²) in [5, 5.41) is 0. The molecule has 14 heavy (non-hydrogen) atoms. The van der Waals surface area contributed by atoms with E-state index in [1.807, 2.05) is 6.92 Å². The number of ketones is 1. The molecule has 0 atom stereocenters. The number of hydrogen-bond acceptors (Lipinski definition) is 3. The third-order valence-corrected chi connectivity index (χ3v) is 4.42. The Balaban J connectivity index is 2.29. The number of rotatable bonds is 5. The Labute approximate surface area is 85.3 Å². The minimum atomic E-state index is -2.97. The van der Waals surface area contributed by atoms with Crippen molar-refractivity contribution < 1.29 is 13.2 Å². The van der Waals surface area contributed by atoms with Crippen molar-refractivity contribution in [1.29, 1.82) is 0 Å². The molecular formula is C9H17NO3S. The topological polar surface area (TPSA) is 54.5 Å². The van der Waals surface area contributed by atoms with E-state index in [9.17, 15) is 13.2 Å². The molecule has 0 radical (unpaired) electrons. The SMILES string of the molecule is CCC(=O)CCCN1CCCS1(=O)=O. The maximum atomic E-state index is 11.3. The van der Waals surface area contributed by atoms with Gasteiger partial charge >= 0.3 is 0 Å². The Bertz CT molecular complexity index is 297. The van der Waals surface area contributed by atoms with Crippen LogP contribution >= 0.6 is 0 Å². The van der Waals surface area contributed by atoms with Crippen LogP contribution in [0.2, 0.25) is 0 Å². The number of hydrogen-bond donors (Lipinski definition) is 0. The summed E-state index contributed by atoms with van der Waals surface area (Å²) in [7, 11) is -2.97. The third-order valence-electron chi connectivity index (χ3n) is 2.46. The van der Waals surface area contributed by atoms with Crippen LogP contribution in [0.1, 0.15) is 32.6 Å². The van der Waals surface area contributed by atoms with Gasteiger partial charge in [0.15, 0.2) is 0 Å². The van der Waals surface area contributed by atoms with Crippen LogP contribution in [-0.2, 0) is 14.8 Å². The van der Waals surface area contributed by atoms with E-state index in [1.165, 1.54) is 4.31 Å². The molecule has 4 nitrogen and oxygen atoms in total. The predicted octanol–water partition coefficient (Wildman–Crippen LogP) is 0.781. The largest absolute Gasteiger partial charge is 0.300 e. The van der Waals surface area contributed by atoms with Gasteiger partial charge in [0.25, 0.3) is 0 Å². The molecule has 1 aliphatic rings. The number of nitrogens with zero attached hydrogens (tertiary/aromatic N) is 1. The second-order valence-corrected chi connectivity index (χ2v) is 5.65. The molecule has 0 amide bonds. The smallest absolute Gasteiger partial charge is 0.214 e. The fraction of sp³-hybridized carbons (Fsp3) is 0.889. The molecule has 0 aromatic carbocycles. The van der Waals surface area contributed by atoms with Crippen LogP contribution < -0.4 is 0 Å². The molecule has 1 fully saturated rings. The van der Waals surface area contributed by atoms with Crippen LogP contribution in [0.4, 0.5) is 0 Å². The Kier molecular flexibility index (Phi) is 4.07. The van der Waals surface area contributed by atoms with E-state index in [2.05, 4.69) is 0 Å². The first-order chi connectivity index (χ1) is 6.56. The van der Waals surface area contributed by atoms with Gasteiger partial charge in [0.2, 0.25) is 10.0 Å². The number of sulfonamides is 1. The van der Waals surface area contributed by atoms with Gasteiger partial charge in [-0.25, -0.2) is 12.7 Å². The van der Waals surface area contributed by atoms with Crippen molar-refractivity contribution in [2.75, 3.05) is 18.8 Å². The maximum absolute atomic E-state index is 11.3. The summed E-state index contributed by atoms with van der Waals surface area (Å²) < 4.78 is 24.2. The monoisotopic (exact) mass is 219 g/mol. The summed E-state index contributed by atoms with van der Waals surface area (Å²) in [6.07, 6.45) is 2.44. The molecule has 0 aromatic rings. The van der Waals surface area contributed by atoms with E-state index in [1.54, 1.807) is 0 Å². The molecule has 5 heteroatoms. The molecule has 82 valence electrons. The summed E-state index contributed by atoms with van der Waals surface area (Å²) in [5.41, 5.74) is 0. The quantitative estimate of drug-likeness (QED) is 0.686. The third kappa shape index (κ3) is 3.06. The minimum Gasteiger partial charge on any atom is -0.300 e.